The van der Waals surface area contributed by atoms with Crippen LogP contribution in [-0.4, -0.2) is 32.8 Å². The fourth-order valence-electron chi connectivity index (χ4n) is 4.38. The summed E-state index contributed by atoms with van der Waals surface area (Å²) in [5.41, 5.74) is -1.07. The number of aromatic amines is 2. The number of nitrogens with one attached hydrogen (secondary N) is 2. The van der Waals surface area contributed by atoms with E-state index < -0.39 is 34.9 Å². The van der Waals surface area contributed by atoms with Crippen molar-refractivity contribution in [1.82, 2.24) is 19.7 Å². The summed E-state index contributed by atoms with van der Waals surface area (Å²) < 4.78 is 39.4. The molecule has 5 rings (SSSR count). The van der Waals surface area contributed by atoms with Gasteiger partial charge in [0.2, 0.25) is 5.69 Å². The molecule has 0 radical (unpaired) electrons. The molecule has 2 aromatic carbocycles. The highest BCUT2D eigenvalue weighted by molar-refractivity contribution is 6.37. The molecule has 1 atom stereocenters. The van der Waals surface area contributed by atoms with Gasteiger partial charge < -0.3 is 14.5 Å². The third-order valence-corrected chi connectivity index (χ3v) is 6.56. The maximum atomic E-state index is 13.6. The number of hydrogen-bond acceptors (Lipinski definition) is 6. The van der Waals surface area contributed by atoms with Crippen LogP contribution in [0.5, 0.6) is 11.5 Å². The zero-order valence-electron chi connectivity index (χ0n) is 19.2. The molecule has 1 aliphatic heterocycles. The predicted molar refractivity (Wildman–Crippen MR) is 131 cm³/mol. The molecule has 2 N–H and O–H groups in total. The minimum atomic E-state index is -2.69. The van der Waals surface area contributed by atoms with Crippen molar-refractivity contribution in [2.45, 2.75) is 31.8 Å². The Labute approximate surface area is 217 Å². The SMILES string of the molecule is CC1(C)COC(C(F)F)c2[nH]c3ccc(Oc4c(Cl)cc(-n5nc(C#N)c(=O)[nH]c5=O)cc4Cl)cc3c21. The van der Waals surface area contributed by atoms with Gasteiger partial charge in [-0.1, -0.05) is 37.0 Å². The lowest BCUT2D eigenvalue weighted by Crippen LogP contribution is -2.34. The number of nitriles is 1. The number of hydrogen-bond donors (Lipinski definition) is 2. The van der Waals surface area contributed by atoms with E-state index in [9.17, 15) is 18.4 Å². The van der Waals surface area contributed by atoms with Gasteiger partial charge >= 0.3 is 5.69 Å². The minimum absolute atomic E-state index is 0.0172. The maximum absolute atomic E-state index is 13.6. The summed E-state index contributed by atoms with van der Waals surface area (Å²) in [5, 5.41) is 13.5. The van der Waals surface area contributed by atoms with E-state index in [0.717, 1.165) is 4.68 Å². The number of benzene rings is 2. The Bertz CT molecular complexity index is 1700. The Hall–Kier alpha value is -3.72. The summed E-state index contributed by atoms with van der Waals surface area (Å²) in [6.45, 7) is 3.94. The van der Waals surface area contributed by atoms with E-state index in [1.165, 1.54) is 12.1 Å². The van der Waals surface area contributed by atoms with Gasteiger partial charge in [-0.15, -0.1) is 5.10 Å². The van der Waals surface area contributed by atoms with Gasteiger partial charge in [0.25, 0.3) is 12.0 Å². The molecule has 0 saturated heterocycles. The standard InChI is InChI=1S/C24H17Cl2F2N5O4/c1-24(2)9-36-20(21(27)28)18-17(24)12-7-11(3-4-15(12)30-18)37-19-13(25)5-10(6-14(19)26)33-23(35)31-22(34)16(8-29)32-33/h3-7,20-21,30H,9H2,1-2H3,(H,31,34,35). The summed E-state index contributed by atoms with van der Waals surface area (Å²) in [6.07, 6.45) is -4.05. The summed E-state index contributed by atoms with van der Waals surface area (Å²) >= 11 is 12.8. The number of fused-ring (bicyclic) bond motifs is 3. The van der Waals surface area contributed by atoms with Crippen LogP contribution >= 0.6 is 23.2 Å². The number of ether oxygens (including phenoxy) is 2. The van der Waals surface area contributed by atoms with Crippen LogP contribution in [-0.2, 0) is 10.2 Å². The predicted octanol–water partition coefficient (Wildman–Crippen LogP) is 4.99. The third-order valence-electron chi connectivity index (χ3n) is 5.99. The maximum Gasteiger partial charge on any atom is 0.349 e. The first-order valence-electron chi connectivity index (χ1n) is 10.9. The molecule has 2 aromatic heterocycles. The molecule has 0 bridgehead atoms. The van der Waals surface area contributed by atoms with Crippen LogP contribution in [0.15, 0.2) is 39.9 Å². The summed E-state index contributed by atoms with van der Waals surface area (Å²) in [4.78, 5) is 28.9. The molecule has 0 saturated carbocycles. The average molecular weight is 548 g/mol. The first kappa shape index (κ1) is 25.0. The summed E-state index contributed by atoms with van der Waals surface area (Å²) in [5.74, 6) is 0.412. The molecule has 4 aromatic rings. The molecular formula is C24H17Cl2F2N5O4. The summed E-state index contributed by atoms with van der Waals surface area (Å²) in [7, 11) is 0. The number of aromatic nitrogens is 4. The zero-order chi connectivity index (χ0) is 26.6. The fourth-order valence-corrected chi connectivity index (χ4v) is 4.94. The second kappa shape index (κ2) is 8.99. The molecule has 3 heterocycles. The van der Waals surface area contributed by atoms with Gasteiger partial charge in [0, 0.05) is 16.3 Å². The van der Waals surface area contributed by atoms with Crippen LogP contribution in [0.3, 0.4) is 0 Å². The molecule has 0 spiro atoms. The van der Waals surface area contributed by atoms with Crippen molar-refractivity contribution in [3.63, 3.8) is 0 Å². The van der Waals surface area contributed by atoms with Crippen LogP contribution in [0.2, 0.25) is 10.0 Å². The molecule has 1 unspecified atom stereocenters. The van der Waals surface area contributed by atoms with E-state index in [4.69, 9.17) is 37.9 Å². The number of halogens is 4. The molecule has 0 aliphatic carbocycles. The quantitative estimate of drug-likeness (QED) is 0.370. The van der Waals surface area contributed by atoms with Crippen molar-refractivity contribution < 1.29 is 18.3 Å². The van der Waals surface area contributed by atoms with Crippen molar-refractivity contribution in [2.24, 2.45) is 0 Å². The van der Waals surface area contributed by atoms with Gasteiger partial charge in [-0.05, 0) is 35.9 Å². The van der Waals surface area contributed by atoms with Crippen LogP contribution in [0.1, 0.15) is 36.9 Å². The largest absolute Gasteiger partial charge is 0.454 e. The molecular weight excluding hydrogens is 531 g/mol. The van der Waals surface area contributed by atoms with Crippen LogP contribution in [0, 0.1) is 11.3 Å². The Balaban J connectivity index is 1.55. The van der Waals surface area contributed by atoms with Crippen molar-refractivity contribution >= 4 is 34.1 Å². The van der Waals surface area contributed by atoms with E-state index in [0.29, 0.717) is 27.9 Å². The van der Waals surface area contributed by atoms with Crippen LogP contribution in [0.25, 0.3) is 16.6 Å². The Morgan fingerprint density at radius 1 is 1.22 bits per heavy atom. The normalized spacial score (nSPS) is 16.5. The first-order chi connectivity index (χ1) is 17.5. The van der Waals surface area contributed by atoms with Gasteiger partial charge in [0.1, 0.15) is 11.8 Å². The Morgan fingerprint density at radius 3 is 2.57 bits per heavy atom. The molecule has 1 aliphatic rings. The van der Waals surface area contributed by atoms with E-state index in [1.807, 2.05) is 18.8 Å². The molecule has 190 valence electrons. The molecule has 0 amide bonds. The van der Waals surface area contributed by atoms with Gasteiger partial charge in [-0.3, -0.25) is 9.78 Å². The molecule has 37 heavy (non-hydrogen) atoms. The van der Waals surface area contributed by atoms with Crippen molar-refractivity contribution in [2.75, 3.05) is 6.61 Å². The number of nitrogens with zero attached hydrogens (tertiary/aromatic N) is 3. The van der Waals surface area contributed by atoms with Crippen molar-refractivity contribution in [1.29, 1.82) is 5.26 Å². The molecule has 13 heteroatoms. The van der Waals surface area contributed by atoms with E-state index in [1.54, 1.807) is 24.3 Å². The highest BCUT2D eigenvalue weighted by atomic mass is 35.5. The Kier molecular flexibility index (Phi) is 6.06. The first-order valence-corrected chi connectivity index (χ1v) is 11.6. The highest BCUT2D eigenvalue weighted by Gasteiger charge is 2.40. The smallest absolute Gasteiger partial charge is 0.349 e. The second-order valence-electron chi connectivity index (χ2n) is 9.04. The average Bonchev–Trinajstić information content (AvgIpc) is 3.21. The second-order valence-corrected chi connectivity index (χ2v) is 9.86. The molecule has 9 nitrogen and oxygen atoms in total. The van der Waals surface area contributed by atoms with E-state index in [2.05, 4.69) is 10.1 Å². The highest BCUT2D eigenvalue weighted by Crippen LogP contribution is 2.45. The number of rotatable bonds is 4. The monoisotopic (exact) mass is 547 g/mol. The van der Waals surface area contributed by atoms with Gasteiger partial charge in [0.15, 0.2) is 11.9 Å². The van der Waals surface area contributed by atoms with Gasteiger partial charge in [-0.2, -0.15) is 9.94 Å². The van der Waals surface area contributed by atoms with Crippen molar-refractivity contribution in [3.8, 4) is 23.3 Å². The molecule has 0 fully saturated rings. The van der Waals surface area contributed by atoms with Gasteiger partial charge in [0.05, 0.1) is 28.0 Å². The topological polar surface area (TPSA) is 126 Å². The number of alkyl halides is 2. The lowest BCUT2D eigenvalue weighted by Gasteiger charge is -2.34. The van der Waals surface area contributed by atoms with Crippen LogP contribution < -0.4 is 16.0 Å². The van der Waals surface area contributed by atoms with E-state index in [-0.39, 0.29) is 28.1 Å². The lowest BCUT2D eigenvalue weighted by atomic mass is 9.80. The zero-order valence-corrected chi connectivity index (χ0v) is 20.7. The third kappa shape index (κ3) is 4.27. The minimum Gasteiger partial charge on any atom is -0.454 e. The number of H-pyrrole nitrogens is 2. The van der Waals surface area contributed by atoms with E-state index >= 15 is 0 Å². The lowest BCUT2D eigenvalue weighted by molar-refractivity contribution is -0.0833. The summed E-state index contributed by atoms with van der Waals surface area (Å²) in [6, 6.07) is 9.30. The van der Waals surface area contributed by atoms with Crippen LogP contribution in [0.4, 0.5) is 8.78 Å². The Morgan fingerprint density at radius 2 is 1.92 bits per heavy atom. The fraction of sp³-hybridized carbons (Fsp3) is 0.250. The van der Waals surface area contributed by atoms with Gasteiger partial charge in [-0.25, -0.2) is 13.6 Å². The van der Waals surface area contributed by atoms with Crippen molar-refractivity contribution in [3.05, 3.63) is 78.2 Å².